The van der Waals surface area contributed by atoms with Crippen molar-refractivity contribution in [3.8, 4) is 22.9 Å². The van der Waals surface area contributed by atoms with Gasteiger partial charge in [-0.05, 0) is 61.9 Å². The molecule has 0 spiro atoms. The quantitative estimate of drug-likeness (QED) is 0.285. The molecule has 8 nitrogen and oxygen atoms in total. The van der Waals surface area contributed by atoms with E-state index in [4.69, 9.17) is 21.1 Å². The molecular formula is C22H24ClN5O3S. The largest absolute Gasteiger partial charge is 0.493 e. The Labute approximate surface area is 196 Å². The molecule has 0 fully saturated rings. The molecule has 3 aromatic rings. The summed E-state index contributed by atoms with van der Waals surface area (Å²) in [6.07, 6.45) is 1.59. The number of thioether (sulfide) groups is 1. The van der Waals surface area contributed by atoms with E-state index in [-0.39, 0.29) is 17.8 Å². The zero-order chi connectivity index (χ0) is 23.1. The van der Waals surface area contributed by atoms with Crippen LogP contribution in [-0.4, -0.2) is 45.9 Å². The number of amides is 1. The summed E-state index contributed by atoms with van der Waals surface area (Å²) in [6.45, 7) is 3.89. The number of ether oxygens (including phenoxy) is 2. The van der Waals surface area contributed by atoms with Crippen LogP contribution in [-0.2, 0) is 11.8 Å². The maximum Gasteiger partial charge on any atom is 0.250 e. The maximum absolute atomic E-state index is 12.2. The molecule has 2 aromatic carbocycles. The molecule has 0 atom stereocenters. The number of carbonyl (C=O) groups is 1. The van der Waals surface area contributed by atoms with Crippen LogP contribution in [0.5, 0.6) is 11.5 Å². The van der Waals surface area contributed by atoms with E-state index in [1.807, 2.05) is 49.7 Å². The summed E-state index contributed by atoms with van der Waals surface area (Å²) >= 11 is 7.21. The lowest BCUT2D eigenvalue weighted by atomic mass is 10.2. The van der Waals surface area contributed by atoms with Gasteiger partial charge in [-0.15, -0.1) is 10.2 Å². The van der Waals surface area contributed by atoms with E-state index in [2.05, 4.69) is 20.7 Å². The Bertz CT molecular complexity index is 1100. The number of benzene rings is 2. The number of hydrogen-bond acceptors (Lipinski definition) is 7. The fraction of sp³-hybridized carbons (Fsp3) is 0.273. The highest BCUT2D eigenvalue weighted by Crippen LogP contribution is 2.28. The number of methoxy groups -OCH3 is 1. The Morgan fingerprint density at radius 2 is 1.97 bits per heavy atom. The normalized spacial score (nSPS) is 11.2. The lowest BCUT2D eigenvalue weighted by Gasteiger charge is -2.13. The Hall–Kier alpha value is -3.04. The van der Waals surface area contributed by atoms with E-state index in [1.54, 1.807) is 31.5 Å². The van der Waals surface area contributed by atoms with Crippen LogP contribution in [0.2, 0.25) is 5.02 Å². The predicted octanol–water partition coefficient (Wildman–Crippen LogP) is 4.17. The minimum Gasteiger partial charge on any atom is -0.493 e. The van der Waals surface area contributed by atoms with Crippen molar-refractivity contribution in [3.05, 3.63) is 53.1 Å². The van der Waals surface area contributed by atoms with Crippen molar-refractivity contribution in [2.24, 2.45) is 12.1 Å². The molecule has 0 saturated heterocycles. The monoisotopic (exact) mass is 473 g/mol. The second kappa shape index (κ2) is 11.0. The molecule has 1 heterocycles. The lowest BCUT2D eigenvalue weighted by Crippen LogP contribution is -2.19. The highest BCUT2D eigenvalue weighted by molar-refractivity contribution is 7.99. The molecule has 0 saturated carbocycles. The molecule has 0 aliphatic heterocycles. The molecule has 32 heavy (non-hydrogen) atoms. The zero-order valence-electron chi connectivity index (χ0n) is 18.2. The van der Waals surface area contributed by atoms with E-state index >= 15 is 0 Å². The van der Waals surface area contributed by atoms with Gasteiger partial charge in [-0.1, -0.05) is 23.4 Å². The second-order valence-electron chi connectivity index (χ2n) is 7.03. The Kier molecular flexibility index (Phi) is 8.13. The van der Waals surface area contributed by atoms with E-state index in [0.29, 0.717) is 27.5 Å². The first-order chi connectivity index (χ1) is 15.4. The molecule has 0 unspecified atom stereocenters. The van der Waals surface area contributed by atoms with Crippen LogP contribution < -0.4 is 14.9 Å². The molecule has 0 bridgehead atoms. The number of nitrogens with zero attached hydrogens (tertiary/aromatic N) is 4. The van der Waals surface area contributed by atoms with E-state index in [1.165, 1.54) is 11.8 Å². The van der Waals surface area contributed by atoms with E-state index < -0.39 is 0 Å². The average Bonchev–Trinajstić information content (AvgIpc) is 3.13. The van der Waals surface area contributed by atoms with Crippen LogP contribution in [0.25, 0.3) is 11.4 Å². The Balaban J connectivity index is 1.54. The first-order valence-electron chi connectivity index (χ1n) is 9.82. The molecule has 1 aromatic heterocycles. The van der Waals surface area contributed by atoms with Crippen LogP contribution in [0.15, 0.2) is 52.7 Å². The smallest absolute Gasteiger partial charge is 0.250 e. The third kappa shape index (κ3) is 6.24. The third-order valence-corrected chi connectivity index (χ3v) is 5.50. The third-order valence-electron chi connectivity index (χ3n) is 4.22. The van der Waals surface area contributed by atoms with Crippen molar-refractivity contribution in [1.82, 2.24) is 20.2 Å². The second-order valence-corrected chi connectivity index (χ2v) is 8.41. The van der Waals surface area contributed by atoms with E-state index in [0.717, 1.165) is 11.1 Å². The van der Waals surface area contributed by atoms with Gasteiger partial charge in [0, 0.05) is 17.6 Å². The molecule has 0 radical (unpaired) electrons. The van der Waals surface area contributed by atoms with Gasteiger partial charge < -0.3 is 14.0 Å². The molecule has 10 heteroatoms. The van der Waals surface area contributed by atoms with Crippen molar-refractivity contribution in [2.45, 2.75) is 25.1 Å². The number of hydrazone groups is 1. The van der Waals surface area contributed by atoms with Gasteiger partial charge >= 0.3 is 0 Å². The van der Waals surface area contributed by atoms with Gasteiger partial charge in [-0.25, -0.2) is 5.43 Å². The topological polar surface area (TPSA) is 90.6 Å². The Morgan fingerprint density at radius 3 is 2.66 bits per heavy atom. The minimum absolute atomic E-state index is 0.0383. The standard InChI is InChI=1S/C22H24ClN5O3S/c1-14(2)31-18-10-5-15(11-19(18)30-4)12-24-25-20(29)13-32-22-27-26-21(28(22)3)16-6-8-17(23)9-7-16/h5-12,14H,13H2,1-4H3,(H,25,29)/b24-12+. The van der Waals surface area contributed by atoms with E-state index in [9.17, 15) is 4.79 Å². The fourth-order valence-electron chi connectivity index (χ4n) is 2.75. The number of nitrogens with one attached hydrogen (secondary N) is 1. The number of rotatable bonds is 9. The average molecular weight is 474 g/mol. The molecule has 0 aliphatic rings. The Morgan fingerprint density at radius 1 is 1.22 bits per heavy atom. The van der Waals surface area contributed by atoms with Crippen LogP contribution in [0, 0.1) is 0 Å². The van der Waals surface area contributed by atoms with Gasteiger partial charge in [-0.3, -0.25) is 4.79 Å². The number of halogens is 1. The SMILES string of the molecule is COc1cc(/C=N/NC(=O)CSc2nnc(-c3ccc(Cl)cc3)n2C)ccc1OC(C)C. The van der Waals surface area contributed by atoms with Crippen LogP contribution in [0.1, 0.15) is 19.4 Å². The lowest BCUT2D eigenvalue weighted by molar-refractivity contribution is -0.118. The van der Waals surface area contributed by atoms with Gasteiger partial charge in [0.2, 0.25) is 0 Å². The van der Waals surface area contributed by atoms with Crippen molar-refractivity contribution in [2.75, 3.05) is 12.9 Å². The highest BCUT2D eigenvalue weighted by atomic mass is 35.5. The van der Waals surface area contributed by atoms with Crippen LogP contribution >= 0.6 is 23.4 Å². The molecule has 3 rings (SSSR count). The summed E-state index contributed by atoms with van der Waals surface area (Å²) < 4.78 is 12.9. The molecule has 1 N–H and O–H groups in total. The van der Waals surface area contributed by atoms with Crippen LogP contribution in [0.3, 0.4) is 0 Å². The zero-order valence-corrected chi connectivity index (χ0v) is 19.8. The fourth-order valence-corrected chi connectivity index (χ4v) is 3.58. The van der Waals surface area contributed by atoms with Crippen molar-refractivity contribution in [3.63, 3.8) is 0 Å². The molecule has 1 amide bonds. The molecule has 168 valence electrons. The van der Waals surface area contributed by atoms with Gasteiger partial charge in [0.15, 0.2) is 22.5 Å². The summed E-state index contributed by atoms with van der Waals surface area (Å²) in [5.41, 5.74) is 4.18. The van der Waals surface area contributed by atoms with Crippen molar-refractivity contribution >= 4 is 35.5 Å². The first kappa shape index (κ1) is 23.6. The minimum atomic E-state index is -0.256. The molecule has 0 aliphatic carbocycles. The summed E-state index contributed by atoms with van der Waals surface area (Å²) in [4.78, 5) is 12.2. The van der Waals surface area contributed by atoms with Gasteiger partial charge in [-0.2, -0.15) is 5.10 Å². The number of carbonyl (C=O) groups excluding carboxylic acids is 1. The van der Waals surface area contributed by atoms with Crippen molar-refractivity contribution < 1.29 is 14.3 Å². The summed E-state index contributed by atoms with van der Waals surface area (Å²) in [5.74, 6) is 1.84. The van der Waals surface area contributed by atoms with Gasteiger partial charge in [0.05, 0.1) is 25.2 Å². The molecular weight excluding hydrogens is 450 g/mol. The summed E-state index contributed by atoms with van der Waals surface area (Å²) in [5, 5.41) is 13.7. The first-order valence-corrected chi connectivity index (χ1v) is 11.2. The number of hydrogen-bond donors (Lipinski definition) is 1. The van der Waals surface area contributed by atoms with Crippen LogP contribution in [0.4, 0.5) is 0 Å². The number of aromatic nitrogens is 3. The highest BCUT2D eigenvalue weighted by Gasteiger charge is 2.13. The van der Waals surface area contributed by atoms with Crippen molar-refractivity contribution in [1.29, 1.82) is 0 Å². The summed E-state index contributed by atoms with van der Waals surface area (Å²) in [7, 11) is 3.43. The maximum atomic E-state index is 12.2. The summed E-state index contributed by atoms with van der Waals surface area (Å²) in [6, 6.07) is 12.8. The predicted molar refractivity (Wildman–Crippen MR) is 127 cm³/mol. The van der Waals surface area contributed by atoms with Gasteiger partial charge in [0.25, 0.3) is 5.91 Å². The van der Waals surface area contributed by atoms with Gasteiger partial charge in [0.1, 0.15) is 0 Å².